The molecular formula is C12H12N2O3. The number of hydrogen-bond acceptors (Lipinski definition) is 4. The van der Waals surface area contributed by atoms with E-state index in [-0.39, 0.29) is 11.8 Å². The van der Waals surface area contributed by atoms with Gasteiger partial charge in [0.2, 0.25) is 0 Å². The molecule has 0 radical (unpaired) electrons. The maximum absolute atomic E-state index is 11.8. The SMILES string of the molecule is O=c1ccc2ncccc2n1CC1OCCO1. The second kappa shape index (κ2) is 4.27. The maximum Gasteiger partial charge on any atom is 0.251 e. The average molecular weight is 232 g/mol. The van der Waals surface area contributed by atoms with Crippen molar-refractivity contribution in [2.24, 2.45) is 0 Å². The summed E-state index contributed by atoms with van der Waals surface area (Å²) in [6.45, 7) is 1.58. The van der Waals surface area contributed by atoms with E-state index in [0.29, 0.717) is 19.8 Å². The molecule has 0 amide bonds. The van der Waals surface area contributed by atoms with Gasteiger partial charge < -0.3 is 14.0 Å². The Hall–Kier alpha value is -1.72. The molecule has 0 bridgehead atoms. The molecule has 0 aromatic carbocycles. The largest absolute Gasteiger partial charge is 0.348 e. The normalized spacial score (nSPS) is 16.7. The Morgan fingerprint density at radius 3 is 2.94 bits per heavy atom. The van der Waals surface area contributed by atoms with Gasteiger partial charge in [0.05, 0.1) is 30.8 Å². The molecule has 3 heterocycles. The monoisotopic (exact) mass is 232 g/mol. The third kappa shape index (κ3) is 1.94. The smallest absolute Gasteiger partial charge is 0.251 e. The van der Waals surface area contributed by atoms with Crippen molar-refractivity contribution < 1.29 is 9.47 Å². The Bertz CT molecular complexity index is 588. The molecule has 0 saturated carbocycles. The van der Waals surface area contributed by atoms with E-state index in [1.807, 2.05) is 12.1 Å². The molecule has 1 saturated heterocycles. The lowest BCUT2D eigenvalue weighted by molar-refractivity contribution is -0.0522. The molecule has 0 atom stereocenters. The average Bonchev–Trinajstić information content (AvgIpc) is 2.86. The van der Waals surface area contributed by atoms with Crippen LogP contribution in [-0.2, 0) is 16.0 Å². The molecule has 88 valence electrons. The predicted octanol–water partition coefficient (Wildman–Crippen LogP) is 0.769. The second-order valence-electron chi connectivity index (χ2n) is 3.86. The molecule has 1 aliphatic rings. The van der Waals surface area contributed by atoms with E-state index >= 15 is 0 Å². The highest BCUT2D eigenvalue weighted by Crippen LogP contribution is 2.11. The van der Waals surface area contributed by atoms with Crippen LogP contribution in [0.4, 0.5) is 0 Å². The van der Waals surface area contributed by atoms with Crippen LogP contribution in [0.15, 0.2) is 35.3 Å². The van der Waals surface area contributed by atoms with Crippen LogP contribution in [0, 0.1) is 0 Å². The third-order valence-corrected chi connectivity index (χ3v) is 2.78. The van der Waals surface area contributed by atoms with Crippen molar-refractivity contribution >= 4 is 11.0 Å². The van der Waals surface area contributed by atoms with Gasteiger partial charge in [-0.3, -0.25) is 9.78 Å². The highest BCUT2D eigenvalue weighted by molar-refractivity contribution is 5.73. The summed E-state index contributed by atoms with van der Waals surface area (Å²) in [7, 11) is 0. The van der Waals surface area contributed by atoms with Gasteiger partial charge in [-0.2, -0.15) is 0 Å². The lowest BCUT2D eigenvalue weighted by Gasteiger charge is -2.13. The molecule has 5 heteroatoms. The van der Waals surface area contributed by atoms with Crippen LogP contribution in [-0.4, -0.2) is 29.1 Å². The lowest BCUT2D eigenvalue weighted by atomic mass is 10.3. The third-order valence-electron chi connectivity index (χ3n) is 2.78. The first-order valence-electron chi connectivity index (χ1n) is 5.52. The lowest BCUT2D eigenvalue weighted by Crippen LogP contribution is -2.27. The summed E-state index contributed by atoms with van der Waals surface area (Å²) in [6, 6.07) is 6.93. The first-order valence-corrected chi connectivity index (χ1v) is 5.52. The van der Waals surface area contributed by atoms with E-state index in [2.05, 4.69) is 4.98 Å². The number of fused-ring (bicyclic) bond motifs is 1. The van der Waals surface area contributed by atoms with Gasteiger partial charge >= 0.3 is 0 Å². The van der Waals surface area contributed by atoms with Crippen molar-refractivity contribution in [3.63, 3.8) is 0 Å². The molecule has 3 rings (SSSR count). The number of rotatable bonds is 2. The molecule has 0 aliphatic carbocycles. The zero-order chi connectivity index (χ0) is 11.7. The van der Waals surface area contributed by atoms with E-state index in [0.717, 1.165) is 11.0 Å². The zero-order valence-corrected chi connectivity index (χ0v) is 9.20. The first-order chi connectivity index (χ1) is 8.34. The molecule has 5 nitrogen and oxygen atoms in total. The van der Waals surface area contributed by atoms with Gasteiger partial charge in [-0.1, -0.05) is 0 Å². The van der Waals surface area contributed by atoms with Gasteiger partial charge in [0.15, 0.2) is 6.29 Å². The molecule has 1 aliphatic heterocycles. The van der Waals surface area contributed by atoms with Gasteiger partial charge in [0.1, 0.15) is 0 Å². The maximum atomic E-state index is 11.8. The molecule has 17 heavy (non-hydrogen) atoms. The topological polar surface area (TPSA) is 53.4 Å². The van der Waals surface area contributed by atoms with E-state index in [1.54, 1.807) is 16.8 Å². The number of ether oxygens (including phenoxy) is 2. The van der Waals surface area contributed by atoms with Gasteiger partial charge in [-0.25, -0.2) is 0 Å². The van der Waals surface area contributed by atoms with E-state index < -0.39 is 0 Å². The van der Waals surface area contributed by atoms with Crippen molar-refractivity contribution in [3.05, 3.63) is 40.8 Å². The van der Waals surface area contributed by atoms with Crippen LogP contribution in [0.25, 0.3) is 11.0 Å². The van der Waals surface area contributed by atoms with E-state index in [4.69, 9.17) is 9.47 Å². The molecule has 2 aromatic rings. The fraction of sp³-hybridized carbons (Fsp3) is 0.333. The number of aromatic nitrogens is 2. The van der Waals surface area contributed by atoms with Crippen LogP contribution in [0.1, 0.15) is 0 Å². The highest BCUT2D eigenvalue weighted by atomic mass is 16.7. The minimum atomic E-state index is -0.335. The summed E-state index contributed by atoms with van der Waals surface area (Å²) in [6.07, 6.45) is 1.37. The number of nitrogens with zero attached hydrogens (tertiary/aromatic N) is 2. The van der Waals surface area contributed by atoms with Crippen molar-refractivity contribution in [1.29, 1.82) is 0 Å². The highest BCUT2D eigenvalue weighted by Gasteiger charge is 2.17. The van der Waals surface area contributed by atoms with Crippen LogP contribution in [0.2, 0.25) is 0 Å². The van der Waals surface area contributed by atoms with Crippen molar-refractivity contribution in [1.82, 2.24) is 9.55 Å². The molecular weight excluding hydrogens is 220 g/mol. The van der Waals surface area contributed by atoms with Crippen LogP contribution in [0.5, 0.6) is 0 Å². The fourth-order valence-electron chi connectivity index (χ4n) is 1.97. The van der Waals surface area contributed by atoms with Gasteiger partial charge in [-0.05, 0) is 18.2 Å². The number of hydrogen-bond donors (Lipinski definition) is 0. The Labute approximate surface area is 97.6 Å². The van der Waals surface area contributed by atoms with Gasteiger partial charge in [0, 0.05) is 12.3 Å². The van der Waals surface area contributed by atoms with E-state index in [9.17, 15) is 4.79 Å². The number of pyridine rings is 2. The van der Waals surface area contributed by atoms with Crippen molar-refractivity contribution in [2.75, 3.05) is 13.2 Å². The van der Waals surface area contributed by atoms with E-state index in [1.165, 1.54) is 6.07 Å². The molecule has 0 unspecified atom stereocenters. The molecule has 1 fully saturated rings. The Kier molecular flexibility index (Phi) is 2.62. The summed E-state index contributed by atoms with van der Waals surface area (Å²) in [5.41, 5.74) is 1.54. The summed E-state index contributed by atoms with van der Waals surface area (Å²) >= 11 is 0. The summed E-state index contributed by atoms with van der Waals surface area (Å²) in [4.78, 5) is 16.1. The van der Waals surface area contributed by atoms with Gasteiger partial charge in [0.25, 0.3) is 5.56 Å². The van der Waals surface area contributed by atoms with Crippen LogP contribution < -0.4 is 5.56 Å². The van der Waals surface area contributed by atoms with Gasteiger partial charge in [-0.15, -0.1) is 0 Å². The van der Waals surface area contributed by atoms with Crippen LogP contribution >= 0.6 is 0 Å². The Morgan fingerprint density at radius 2 is 2.12 bits per heavy atom. The minimum absolute atomic E-state index is 0.0652. The Balaban J connectivity index is 2.06. The summed E-state index contributed by atoms with van der Waals surface area (Å²) in [5.74, 6) is 0. The zero-order valence-electron chi connectivity index (χ0n) is 9.20. The minimum Gasteiger partial charge on any atom is -0.348 e. The quantitative estimate of drug-likeness (QED) is 0.767. The molecule has 2 aromatic heterocycles. The fourth-order valence-corrected chi connectivity index (χ4v) is 1.97. The van der Waals surface area contributed by atoms with Crippen molar-refractivity contribution in [2.45, 2.75) is 12.8 Å². The first kappa shape index (κ1) is 10.4. The molecule has 0 N–H and O–H groups in total. The predicted molar refractivity (Wildman–Crippen MR) is 61.7 cm³/mol. The summed E-state index contributed by atoms with van der Waals surface area (Å²) in [5, 5.41) is 0. The Morgan fingerprint density at radius 1 is 1.29 bits per heavy atom. The van der Waals surface area contributed by atoms with Crippen LogP contribution in [0.3, 0.4) is 0 Å². The molecule has 0 spiro atoms. The summed E-state index contributed by atoms with van der Waals surface area (Å²) < 4.78 is 12.4. The van der Waals surface area contributed by atoms with Crippen molar-refractivity contribution in [3.8, 4) is 0 Å². The standard InChI is InChI=1S/C12H12N2O3/c15-11-4-3-9-10(2-1-5-13-9)14(11)8-12-16-6-7-17-12/h1-5,12H,6-8H2. The second-order valence-corrected chi connectivity index (χ2v) is 3.86.